The number of carbonyl (C=O) groups excluding carboxylic acids is 1. The van der Waals surface area contributed by atoms with Gasteiger partial charge < -0.3 is 20.1 Å². The van der Waals surface area contributed by atoms with Crippen molar-refractivity contribution < 1.29 is 9.18 Å². The molecule has 0 bridgehead atoms. The van der Waals surface area contributed by atoms with Crippen LogP contribution in [0, 0.1) is 5.82 Å². The van der Waals surface area contributed by atoms with Crippen LogP contribution in [-0.2, 0) is 11.8 Å². The standard InChI is InChI=1S/C25H24ClFN6O/c1-32-15-30-23(16-2-4-18(27)5-3-16)24(32)22-12-17(14-29-22)25(34)31-21-7-6-19(13-20(21)26)33-10-8-28-9-11-33/h2-7,13-15,28H,8-12H2,1H3,(H,31,34). The van der Waals surface area contributed by atoms with Gasteiger partial charge in [-0.2, -0.15) is 0 Å². The van der Waals surface area contributed by atoms with Gasteiger partial charge in [-0.25, -0.2) is 9.37 Å². The molecular weight excluding hydrogens is 455 g/mol. The Morgan fingerprint density at radius 1 is 1.15 bits per heavy atom. The normalized spacial score (nSPS) is 15.8. The second-order valence-corrected chi connectivity index (χ2v) is 8.73. The number of halogens is 2. The first-order valence-electron chi connectivity index (χ1n) is 11.1. The number of amides is 1. The highest BCUT2D eigenvalue weighted by Gasteiger charge is 2.24. The van der Waals surface area contributed by atoms with Crippen molar-refractivity contribution in [1.82, 2.24) is 14.9 Å². The first-order valence-corrected chi connectivity index (χ1v) is 11.5. The van der Waals surface area contributed by atoms with Crippen molar-refractivity contribution in [3.05, 3.63) is 77.1 Å². The van der Waals surface area contributed by atoms with Crippen LogP contribution in [-0.4, -0.2) is 47.3 Å². The quantitative estimate of drug-likeness (QED) is 0.581. The van der Waals surface area contributed by atoms with Crippen LogP contribution in [0.3, 0.4) is 0 Å². The number of benzene rings is 2. The molecule has 3 heterocycles. The molecule has 7 nitrogen and oxygen atoms in total. The molecule has 2 aromatic carbocycles. The van der Waals surface area contributed by atoms with Gasteiger partial charge in [0, 0.05) is 62.7 Å². The molecule has 0 spiro atoms. The van der Waals surface area contributed by atoms with E-state index in [1.807, 2.05) is 29.8 Å². The number of aryl methyl sites for hydroxylation is 1. The first-order chi connectivity index (χ1) is 16.5. The summed E-state index contributed by atoms with van der Waals surface area (Å²) in [7, 11) is 1.87. The Morgan fingerprint density at radius 3 is 2.65 bits per heavy atom. The maximum Gasteiger partial charge on any atom is 0.253 e. The maximum absolute atomic E-state index is 13.4. The zero-order chi connectivity index (χ0) is 23.7. The number of hydrogen-bond acceptors (Lipinski definition) is 5. The zero-order valence-electron chi connectivity index (χ0n) is 18.7. The second-order valence-electron chi connectivity index (χ2n) is 8.32. The Labute approximate surface area is 202 Å². The molecule has 0 aliphatic carbocycles. The van der Waals surface area contributed by atoms with Crippen LogP contribution in [0.4, 0.5) is 15.8 Å². The summed E-state index contributed by atoms with van der Waals surface area (Å²) in [5.41, 5.74) is 5.14. The summed E-state index contributed by atoms with van der Waals surface area (Å²) in [5.74, 6) is -0.555. The van der Waals surface area contributed by atoms with Gasteiger partial charge in [-0.3, -0.25) is 9.79 Å². The lowest BCUT2D eigenvalue weighted by Gasteiger charge is -2.29. The number of piperazine rings is 1. The van der Waals surface area contributed by atoms with Crippen molar-refractivity contribution in [2.45, 2.75) is 6.42 Å². The summed E-state index contributed by atoms with van der Waals surface area (Å²) in [6, 6.07) is 11.9. The molecular formula is C25H24ClFN6O. The highest BCUT2D eigenvalue weighted by atomic mass is 35.5. The van der Waals surface area contributed by atoms with E-state index in [2.05, 4.69) is 25.5 Å². The van der Waals surface area contributed by atoms with Gasteiger partial charge >= 0.3 is 0 Å². The molecule has 1 saturated heterocycles. The lowest BCUT2D eigenvalue weighted by molar-refractivity contribution is -0.112. The summed E-state index contributed by atoms with van der Waals surface area (Å²) in [5, 5.41) is 6.73. The Bertz CT molecular complexity index is 1290. The Morgan fingerprint density at radius 2 is 1.91 bits per heavy atom. The van der Waals surface area contributed by atoms with E-state index in [-0.39, 0.29) is 11.7 Å². The average molecular weight is 479 g/mol. The summed E-state index contributed by atoms with van der Waals surface area (Å²) in [4.78, 5) is 24.2. The van der Waals surface area contributed by atoms with E-state index in [1.54, 1.807) is 24.7 Å². The minimum absolute atomic E-state index is 0.249. The fraction of sp³-hybridized carbons (Fsp3) is 0.240. The SMILES string of the molecule is Cn1cnc(-c2ccc(F)cc2)c1C1=NC=C(C(=O)Nc2ccc(N3CCNCC3)cc2Cl)C1. The van der Waals surface area contributed by atoms with E-state index in [0.29, 0.717) is 28.4 Å². The smallest absolute Gasteiger partial charge is 0.253 e. The van der Waals surface area contributed by atoms with Crippen molar-refractivity contribution in [3.63, 3.8) is 0 Å². The molecule has 0 saturated carbocycles. The molecule has 9 heteroatoms. The van der Waals surface area contributed by atoms with E-state index in [9.17, 15) is 9.18 Å². The largest absolute Gasteiger partial charge is 0.369 e. The molecule has 1 fully saturated rings. The van der Waals surface area contributed by atoms with E-state index >= 15 is 0 Å². The zero-order valence-corrected chi connectivity index (χ0v) is 19.4. The molecule has 1 aromatic heterocycles. The third-order valence-electron chi connectivity index (χ3n) is 6.04. The molecule has 0 unspecified atom stereocenters. The number of imidazole rings is 1. The van der Waals surface area contributed by atoms with Crippen LogP contribution in [0.5, 0.6) is 0 Å². The molecule has 5 rings (SSSR count). The van der Waals surface area contributed by atoms with Gasteiger partial charge in [0.2, 0.25) is 0 Å². The van der Waals surface area contributed by atoms with Crippen LogP contribution < -0.4 is 15.5 Å². The number of aliphatic imine (C=N–C) groups is 1. The molecule has 174 valence electrons. The minimum Gasteiger partial charge on any atom is -0.369 e. The molecule has 2 aliphatic rings. The van der Waals surface area contributed by atoms with Crippen molar-refractivity contribution in [1.29, 1.82) is 0 Å². The van der Waals surface area contributed by atoms with Crippen LogP contribution in [0.2, 0.25) is 5.02 Å². The summed E-state index contributed by atoms with van der Waals surface area (Å²) in [6.45, 7) is 3.71. The summed E-state index contributed by atoms with van der Waals surface area (Å²) >= 11 is 6.49. The van der Waals surface area contributed by atoms with E-state index < -0.39 is 0 Å². The predicted octanol–water partition coefficient (Wildman–Crippen LogP) is 4.00. The van der Waals surface area contributed by atoms with Crippen LogP contribution in [0.25, 0.3) is 11.3 Å². The van der Waals surface area contributed by atoms with Gasteiger partial charge in [0.05, 0.1) is 34.1 Å². The topological polar surface area (TPSA) is 74.5 Å². The minimum atomic E-state index is -0.306. The number of nitrogens with one attached hydrogen (secondary N) is 2. The van der Waals surface area contributed by atoms with Gasteiger partial charge in [0.25, 0.3) is 5.91 Å². The maximum atomic E-state index is 13.4. The highest BCUT2D eigenvalue weighted by Crippen LogP contribution is 2.30. The Kier molecular flexibility index (Phi) is 6.17. The number of nitrogens with zero attached hydrogens (tertiary/aromatic N) is 4. The van der Waals surface area contributed by atoms with Crippen molar-refractivity contribution in [3.8, 4) is 11.3 Å². The first kappa shape index (κ1) is 22.3. The number of aromatic nitrogens is 2. The third-order valence-corrected chi connectivity index (χ3v) is 6.35. The van der Waals surface area contributed by atoms with E-state index in [0.717, 1.165) is 48.8 Å². The number of carbonyl (C=O) groups is 1. The molecule has 0 atom stereocenters. The number of hydrogen-bond donors (Lipinski definition) is 2. The molecule has 2 N–H and O–H groups in total. The molecule has 1 amide bonds. The molecule has 34 heavy (non-hydrogen) atoms. The van der Waals surface area contributed by atoms with E-state index in [4.69, 9.17) is 11.6 Å². The van der Waals surface area contributed by atoms with Crippen LogP contribution in [0.15, 0.2) is 65.6 Å². The monoisotopic (exact) mass is 478 g/mol. The summed E-state index contributed by atoms with van der Waals surface area (Å²) < 4.78 is 15.2. The lowest BCUT2D eigenvalue weighted by Crippen LogP contribution is -2.43. The third kappa shape index (κ3) is 4.47. The predicted molar refractivity (Wildman–Crippen MR) is 133 cm³/mol. The lowest BCUT2D eigenvalue weighted by atomic mass is 10.0. The number of rotatable bonds is 5. The van der Waals surface area contributed by atoms with E-state index in [1.165, 1.54) is 12.1 Å². The fourth-order valence-electron chi connectivity index (χ4n) is 4.23. The summed E-state index contributed by atoms with van der Waals surface area (Å²) in [6.07, 6.45) is 3.62. The molecule has 0 radical (unpaired) electrons. The average Bonchev–Trinajstić information content (AvgIpc) is 3.48. The Balaban J connectivity index is 1.28. The van der Waals surface area contributed by atoms with Gasteiger partial charge in [0.15, 0.2) is 0 Å². The van der Waals surface area contributed by atoms with Gasteiger partial charge in [0.1, 0.15) is 5.82 Å². The highest BCUT2D eigenvalue weighted by molar-refractivity contribution is 6.34. The second kappa shape index (κ2) is 9.40. The molecule has 3 aromatic rings. The molecule has 2 aliphatic heterocycles. The van der Waals surface area contributed by atoms with Gasteiger partial charge in [-0.1, -0.05) is 11.6 Å². The number of anilines is 2. The Hall–Kier alpha value is -3.49. The van der Waals surface area contributed by atoms with Gasteiger partial charge in [-0.15, -0.1) is 0 Å². The van der Waals surface area contributed by atoms with Crippen LogP contribution >= 0.6 is 11.6 Å². The van der Waals surface area contributed by atoms with Crippen molar-refractivity contribution >= 4 is 34.6 Å². The fourth-order valence-corrected chi connectivity index (χ4v) is 4.45. The van der Waals surface area contributed by atoms with Gasteiger partial charge in [-0.05, 0) is 42.5 Å². The van der Waals surface area contributed by atoms with Crippen LogP contribution in [0.1, 0.15) is 12.1 Å². The van der Waals surface area contributed by atoms with Crippen molar-refractivity contribution in [2.75, 3.05) is 36.4 Å². The van der Waals surface area contributed by atoms with Crippen molar-refractivity contribution in [2.24, 2.45) is 12.0 Å².